The SMILES string of the molecule is OC=S.c1ccc2ccccc2c1. The second-order valence-corrected chi connectivity index (χ2v) is 2.66. The summed E-state index contributed by atoms with van der Waals surface area (Å²) in [6.45, 7) is 0. The zero-order chi connectivity index (χ0) is 9.52. The lowest BCUT2D eigenvalue weighted by molar-refractivity contribution is 0.594. The smallest absolute Gasteiger partial charge is 0.142 e. The largest absolute Gasteiger partial charge is 0.504 e. The molecular formula is C11H10OS. The fraction of sp³-hybridized carbons (Fsp3) is 0. The molecule has 0 saturated carbocycles. The third-order valence-corrected chi connectivity index (χ3v) is 1.66. The maximum absolute atomic E-state index is 7.26. The summed E-state index contributed by atoms with van der Waals surface area (Å²) < 4.78 is 0. The first-order chi connectivity index (χ1) is 6.38. The molecule has 2 rings (SSSR count). The zero-order valence-electron chi connectivity index (χ0n) is 7.05. The van der Waals surface area contributed by atoms with Crippen molar-refractivity contribution in [1.82, 2.24) is 0 Å². The van der Waals surface area contributed by atoms with Gasteiger partial charge in [0.15, 0.2) is 0 Å². The fourth-order valence-corrected chi connectivity index (χ4v) is 1.13. The quantitative estimate of drug-likeness (QED) is 0.643. The van der Waals surface area contributed by atoms with Crippen molar-refractivity contribution < 1.29 is 5.11 Å². The number of thiocarbonyl (C=S) groups is 1. The third-order valence-electron chi connectivity index (χ3n) is 1.66. The molecule has 1 nitrogen and oxygen atoms in total. The highest BCUT2D eigenvalue weighted by Crippen LogP contribution is 2.11. The van der Waals surface area contributed by atoms with Gasteiger partial charge in [-0.15, -0.1) is 0 Å². The maximum Gasteiger partial charge on any atom is 0.142 e. The van der Waals surface area contributed by atoms with Crippen LogP contribution in [0.25, 0.3) is 10.8 Å². The van der Waals surface area contributed by atoms with Crippen LogP contribution in [0.4, 0.5) is 0 Å². The highest BCUT2D eigenvalue weighted by Gasteiger charge is 1.85. The van der Waals surface area contributed by atoms with Crippen LogP contribution in [0, 0.1) is 0 Å². The van der Waals surface area contributed by atoms with Crippen LogP contribution in [0.3, 0.4) is 0 Å². The maximum atomic E-state index is 7.26. The Morgan fingerprint density at radius 2 is 1.08 bits per heavy atom. The van der Waals surface area contributed by atoms with Crippen LogP contribution in [0.1, 0.15) is 0 Å². The average molecular weight is 190 g/mol. The summed E-state index contributed by atoms with van der Waals surface area (Å²) in [6, 6.07) is 16.7. The summed E-state index contributed by atoms with van der Waals surface area (Å²) >= 11 is 3.82. The molecule has 2 aromatic carbocycles. The molecule has 2 heteroatoms. The van der Waals surface area contributed by atoms with Crippen molar-refractivity contribution in [2.45, 2.75) is 0 Å². The first-order valence-electron chi connectivity index (χ1n) is 3.90. The van der Waals surface area contributed by atoms with E-state index in [1.165, 1.54) is 10.8 Å². The van der Waals surface area contributed by atoms with Crippen LogP contribution >= 0.6 is 12.2 Å². The summed E-state index contributed by atoms with van der Waals surface area (Å²) in [4.78, 5) is 0. The van der Waals surface area contributed by atoms with E-state index in [9.17, 15) is 0 Å². The van der Waals surface area contributed by atoms with Crippen molar-refractivity contribution in [2.75, 3.05) is 0 Å². The second-order valence-electron chi connectivity index (χ2n) is 2.45. The molecule has 0 spiro atoms. The van der Waals surface area contributed by atoms with E-state index in [1.807, 2.05) is 0 Å². The predicted molar refractivity (Wildman–Crippen MR) is 60.2 cm³/mol. The van der Waals surface area contributed by atoms with Gasteiger partial charge in [-0.25, -0.2) is 0 Å². The highest BCUT2D eigenvalue weighted by molar-refractivity contribution is 7.78. The number of aliphatic hydroxyl groups excluding tert-OH is 1. The van der Waals surface area contributed by atoms with Gasteiger partial charge in [-0.2, -0.15) is 0 Å². The van der Waals surface area contributed by atoms with Crippen LogP contribution in [-0.2, 0) is 0 Å². The van der Waals surface area contributed by atoms with Crippen molar-refractivity contribution in [2.24, 2.45) is 0 Å². The molecule has 0 unspecified atom stereocenters. The molecule has 0 fully saturated rings. The van der Waals surface area contributed by atoms with Crippen molar-refractivity contribution in [3.8, 4) is 0 Å². The monoisotopic (exact) mass is 190 g/mol. The highest BCUT2D eigenvalue weighted by atomic mass is 32.1. The first kappa shape index (κ1) is 9.68. The molecule has 0 aromatic heterocycles. The van der Waals surface area contributed by atoms with Gasteiger partial charge in [0.1, 0.15) is 5.55 Å². The molecule has 0 amide bonds. The minimum atomic E-state index is 0.583. The molecule has 66 valence electrons. The Labute approximate surface area is 82.6 Å². The topological polar surface area (TPSA) is 20.2 Å². The van der Waals surface area contributed by atoms with E-state index in [-0.39, 0.29) is 0 Å². The van der Waals surface area contributed by atoms with Crippen molar-refractivity contribution in [3.63, 3.8) is 0 Å². The lowest BCUT2D eigenvalue weighted by atomic mass is 10.1. The normalized spacial score (nSPS) is 8.62. The van der Waals surface area contributed by atoms with Gasteiger partial charge in [-0.05, 0) is 23.0 Å². The van der Waals surface area contributed by atoms with Gasteiger partial charge in [0.05, 0.1) is 0 Å². The van der Waals surface area contributed by atoms with Crippen LogP contribution in [-0.4, -0.2) is 10.7 Å². The lowest BCUT2D eigenvalue weighted by Crippen LogP contribution is -1.67. The van der Waals surface area contributed by atoms with Crippen molar-refractivity contribution in [1.29, 1.82) is 0 Å². The Balaban J connectivity index is 0.000000251. The van der Waals surface area contributed by atoms with Gasteiger partial charge in [-0.1, -0.05) is 48.5 Å². The van der Waals surface area contributed by atoms with Crippen molar-refractivity contribution in [3.05, 3.63) is 48.5 Å². The number of rotatable bonds is 0. The number of hydrogen-bond acceptors (Lipinski definition) is 1. The molecule has 0 aliphatic carbocycles. The molecular weight excluding hydrogens is 180 g/mol. The number of benzene rings is 2. The molecule has 13 heavy (non-hydrogen) atoms. The summed E-state index contributed by atoms with van der Waals surface area (Å²) in [6.07, 6.45) is 0. The van der Waals surface area contributed by atoms with Gasteiger partial charge in [0.2, 0.25) is 0 Å². The fourth-order valence-electron chi connectivity index (χ4n) is 1.13. The molecule has 1 N–H and O–H groups in total. The molecule has 2 aromatic rings. The zero-order valence-corrected chi connectivity index (χ0v) is 7.87. The summed E-state index contributed by atoms with van der Waals surface area (Å²) in [5, 5.41) is 9.88. The minimum Gasteiger partial charge on any atom is -0.504 e. The van der Waals surface area contributed by atoms with Gasteiger partial charge in [-0.3, -0.25) is 0 Å². The number of fused-ring (bicyclic) bond motifs is 1. The molecule has 0 heterocycles. The molecule has 0 bridgehead atoms. The minimum absolute atomic E-state index is 0.583. The van der Waals surface area contributed by atoms with Crippen LogP contribution < -0.4 is 0 Å². The van der Waals surface area contributed by atoms with Gasteiger partial charge < -0.3 is 5.11 Å². The Hall–Kier alpha value is -1.41. The molecule has 0 atom stereocenters. The number of aliphatic hydroxyl groups is 1. The van der Waals surface area contributed by atoms with Gasteiger partial charge in [0, 0.05) is 0 Å². The Morgan fingerprint density at radius 3 is 1.31 bits per heavy atom. The lowest BCUT2D eigenvalue weighted by Gasteiger charge is -1.92. The Bertz CT molecular complexity index is 319. The molecule has 0 aliphatic heterocycles. The molecule has 0 aliphatic rings. The van der Waals surface area contributed by atoms with E-state index in [1.54, 1.807) is 0 Å². The van der Waals surface area contributed by atoms with Gasteiger partial charge >= 0.3 is 0 Å². The number of hydrogen-bond donors (Lipinski definition) is 1. The van der Waals surface area contributed by atoms with Crippen LogP contribution in [0.5, 0.6) is 0 Å². The van der Waals surface area contributed by atoms with E-state index >= 15 is 0 Å². The Morgan fingerprint density at radius 1 is 0.846 bits per heavy atom. The first-order valence-corrected chi connectivity index (χ1v) is 4.37. The second kappa shape index (κ2) is 5.27. The van der Waals surface area contributed by atoms with Crippen LogP contribution in [0.2, 0.25) is 0 Å². The van der Waals surface area contributed by atoms with Crippen molar-refractivity contribution >= 4 is 28.5 Å². The summed E-state index contributed by atoms with van der Waals surface area (Å²) in [5.74, 6) is 0. The van der Waals surface area contributed by atoms with E-state index in [2.05, 4.69) is 60.7 Å². The predicted octanol–water partition coefficient (Wildman–Crippen LogP) is 3.34. The average Bonchev–Trinajstić information content (AvgIpc) is 2.19. The standard InChI is InChI=1S/C10H8.CH2OS/c1-2-6-10-8-4-3-7-9(10)5-1;2-1-3/h1-8H;1H,(H,2,3). The summed E-state index contributed by atoms with van der Waals surface area (Å²) in [5.41, 5.74) is 0.583. The Kier molecular flexibility index (Phi) is 3.93. The van der Waals surface area contributed by atoms with E-state index < -0.39 is 0 Å². The van der Waals surface area contributed by atoms with Gasteiger partial charge in [0.25, 0.3) is 0 Å². The summed E-state index contributed by atoms with van der Waals surface area (Å²) in [7, 11) is 0. The van der Waals surface area contributed by atoms with E-state index in [0.717, 1.165) is 0 Å². The van der Waals surface area contributed by atoms with E-state index in [0.29, 0.717) is 5.55 Å². The molecule has 0 saturated heterocycles. The molecule has 0 radical (unpaired) electrons. The van der Waals surface area contributed by atoms with E-state index in [4.69, 9.17) is 5.11 Å². The van der Waals surface area contributed by atoms with Crippen LogP contribution in [0.15, 0.2) is 48.5 Å². The third kappa shape index (κ3) is 2.84.